The molecule has 1 N–H and O–H groups in total. The topological polar surface area (TPSA) is 44.8 Å². The molecule has 0 aliphatic carbocycles. The van der Waals surface area contributed by atoms with Crippen molar-refractivity contribution in [2.24, 2.45) is 0 Å². The molecule has 0 radical (unpaired) electrons. The second-order valence-corrected chi connectivity index (χ2v) is 7.78. The quantitative estimate of drug-likeness (QED) is 0.864. The highest BCUT2D eigenvalue weighted by molar-refractivity contribution is 6.36. The fourth-order valence-electron chi connectivity index (χ4n) is 3.69. The Bertz CT molecular complexity index is 612. The molecule has 0 bridgehead atoms. The Hall–Kier alpha value is -0.850. The number of carbonyl (C=O) groups excluding carboxylic acids is 1. The number of hydrogen-bond acceptors (Lipinski definition) is 4. The largest absolute Gasteiger partial charge is 0.379 e. The molecule has 2 fully saturated rings. The molecular formula is C18H25Cl2N3O2. The molecule has 2 heterocycles. The van der Waals surface area contributed by atoms with Gasteiger partial charge >= 0.3 is 0 Å². The molecule has 0 atom stereocenters. The molecule has 5 nitrogen and oxygen atoms in total. The summed E-state index contributed by atoms with van der Waals surface area (Å²) < 4.78 is 5.51. The van der Waals surface area contributed by atoms with E-state index in [1.54, 1.807) is 18.2 Å². The normalized spacial score (nSPS) is 21.9. The van der Waals surface area contributed by atoms with Crippen molar-refractivity contribution in [2.75, 3.05) is 53.0 Å². The van der Waals surface area contributed by atoms with E-state index in [0.29, 0.717) is 22.2 Å². The fraction of sp³-hybridized carbons (Fsp3) is 0.611. The average Bonchev–Trinajstić information content (AvgIpc) is 2.62. The predicted molar refractivity (Wildman–Crippen MR) is 101 cm³/mol. The number of nitrogens with one attached hydrogen (secondary N) is 1. The lowest BCUT2D eigenvalue weighted by atomic mass is 9.85. The Morgan fingerprint density at radius 2 is 1.88 bits per heavy atom. The van der Waals surface area contributed by atoms with Crippen LogP contribution in [0.4, 0.5) is 0 Å². The van der Waals surface area contributed by atoms with Gasteiger partial charge in [0.2, 0.25) is 0 Å². The summed E-state index contributed by atoms with van der Waals surface area (Å²) in [5.41, 5.74) is 0.460. The van der Waals surface area contributed by atoms with Crippen LogP contribution in [-0.4, -0.2) is 74.2 Å². The second kappa shape index (κ2) is 8.23. The molecule has 3 rings (SSSR count). The van der Waals surface area contributed by atoms with Crippen molar-refractivity contribution in [3.8, 4) is 0 Å². The maximum Gasteiger partial charge on any atom is 0.252 e. The molecule has 0 aromatic heterocycles. The van der Waals surface area contributed by atoms with Crippen LogP contribution in [0.1, 0.15) is 23.2 Å². The van der Waals surface area contributed by atoms with E-state index in [1.165, 1.54) is 0 Å². The van der Waals surface area contributed by atoms with Gasteiger partial charge in [-0.25, -0.2) is 0 Å². The summed E-state index contributed by atoms with van der Waals surface area (Å²) in [6.45, 7) is 6.05. The predicted octanol–water partition coefficient (Wildman–Crippen LogP) is 2.52. The molecular weight excluding hydrogens is 361 g/mol. The first-order chi connectivity index (χ1) is 12.0. The minimum Gasteiger partial charge on any atom is -0.379 e. The van der Waals surface area contributed by atoms with Crippen LogP contribution in [0.25, 0.3) is 0 Å². The number of piperidine rings is 1. The van der Waals surface area contributed by atoms with Crippen LogP contribution in [0.5, 0.6) is 0 Å². The number of morpholine rings is 1. The van der Waals surface area contributed by atoms with Gasteiger partial charge < -0.3 is 15.0 Å². The van der Waals surface area contributed by atoms with E-state index < -0.39 is 0 Å². The Balaban J connectivity index is 1.70. The van der Waals surface area contributed by atoms with Gasteiger partial charge in [-0.05, 0) is 51.2 Å². The third kappa shape index (κ3) is 4.47. The van der Waals surface area contributed by atoms with Crippen molar-refractivity contribution in [1.29, 1.82) is 0 Å². The van der Waals surface area contributed by atoms with Crippen molar-refractivity contribution >= 4 is 29.1 Å². The van der Waals surface area contributed by atoms with Crippen LogP contribution in [0.3, 0.4) is 0 Å². The molecule has 0 spiro atoms. The lowest BCUT2D eigenvalue weighted by Gasteiger charge is -2.49. The first-order valence-electron chi connectivity index (χ1n) is 8.75. The number of hydrogen-bond donors (Lipinski definition) is 1. The first-order valence-corrected chi connectivity index (χ1v) is 9.50. The molecule has 0 unspecified atom stereocenters. The Morgan fingerprint density at radius 1 is 1.20 bits per heavy atom. The van der Waals surface area contributed by atoms with Crippen LogP contribution >= 0.6 is 23.2 Å². The summed E-state index contributed by atoms with van der Waals surface area (Å²) in [6.07, 6.45) is 2.08. The molecule has 1 aromatic rings. The average molecular weight is 386 g/mol. The minimum atomic E-state index is -0.145. The van der Waals surface area contributed by atoms with E-state index in [1.807, 2.05) is 0 Å². The smallest absolute Gasteiger partial charge is 0.252 e. The SMILES string of the molecule is CN1CCC(CNC(=O)c2ccc(Cl)cc2Cl)(N2CCOCC2)CC1. The van der Waals surface area contributed by atoms with Gasteiger partial charge in [0, 0.05) is 30.2 Å². The number of amides is 1. The molecule has 138 valence electrons. The number of nitrogens with zero attached hydrogens (tertiary/aromatic N) is 2. The molecule has 1 aromatic carbocycles. The van der Waals surface area contributed by atoms with Gasteiger partial charge in [-0.15, -0.1) is 0 Å². The summed E-state index contributed by atoms with van der Waals surface area (Å²) in [5, 5.41) is 4.03. The van der Waals surface area contributed by atoms with Gasteiger partial charge in [0.1, 0.15) is 0 Å². The lowest BCUT2D eigenvalue weighted by molar-refractivity contribution is -0.0439. The molecule has 1 amide bonds. The van der Waals surface area contributed by atoms with Crippen molar-refractivity contribution in [3.05, 3.63) is 33.8 Å². The van der Waals surface area contributed by atoms with Gasteiger partial charge in [-0.2, -0.15) is 0 Å². The highest BCUT2D eigenvalue weighted by Gasteiger charge is 2.40. The highest BCUT2D eigenvalue weighted by Crippen LogP contribution is 2.29. The number of rotatable bonds is 4. The van der Waals surface area contributed by atoms with Gasteiger partial charge in [0.15, 0.2) is 0 Å². The number of likely N-dealkylation sites (tertiary alicyclic amines) is 1. The zero-order chi connectivity index (χ0) is 17.9. The third-order valence-electron chi connectivity index (χ3n) is 5.35. The first kappa shape index (κ1) is 18.9. The van der Waals surface area contributed by atoms with Gasteiger partial charge in [0.25, 0.3) is 5.91 Å². The zero-order valence-electron chi connectivity index (χ0n) is 14.6. The second-order valence-electron chi connectivity index (χ2n) is 6.93. The van der Waals surface area contributed by atoms with Crippen LogP contribution in [0.2, 0.25) is 10.0 Å². The van der Waals surface area contributed by atoms with Crippen LogP contribution in [-0.2, 0) is 4.74 Å². The number of carbonyl (C=O) groups is 1. The standard InChI is InChI=1S/C18H25Cl2N3O2/c1-22-6-4-18(5-7-22,23-8-10-25-11-9-23)13-21-17(24)15-3-2-14(19)12-16(15)20/h2-3,12H,4-11,13H2,1H3,(H,21,24). The molecule has 2 aliphatic heterocycles. The lowest BCUT2D eigenvalue weighted by Crippen LogP contribution is -2.62. The van der Waals surface area contributed by atoms with E-state index in [2.05, 4.69) is 22.2 Å². The monoisotopic (exact) mass is 385 g/mol. The Morgan fingerprint density at radius 3 is 2.52 bits per heavy atom. The van der Waals surface area contributed by atoms with E-state index >= 15 is 0 Å². The third-order valence-corrected chi connectivity index (χ3v) is 5.90. The molecule has 25 heavy (non-hydrogen) atoms. The Labute approximate surface area is 159 Å². The maximum absolute atomic E-state index is 12.6. The molecule has 0 saturated carbocycles. The molecule has 2 aliphatic rings. The Kier molecular flexibility index (Phi) is 6.23. The maximum atomic E-state index is 12.6. The zero-order valence-corrected chi connectivity index (χ0v) is 16.1. The summed E-state index contributed by atoms with van der Waals surface area (Å²) in [6, 6.07) is 4.97. The summed E-state index contributed by atoms with van der Waals surface area (Å²) in [5.74, 6) is -0.145. The van der Waals surface area contributed by atoms with E-state index in [9.17, 15) is 4.79 Å². The molecule has 7 heteroatoms. The number of benzene rings is 1. The van der Waals surface area contributed by atoms with Crippen LogP contribution in [0, 0.1) is 0 Å². The fourth-order valence-corrected chi connectivity index (χ4v) is 4.19. The van der Waals surface area contributed by atoms with Crippen molar-refractivity contribution < 1.29 is 9.53 Å². The van der Waals surface area contributed by atoms with Gasteiger partial charge in [-0.3, -0.25) is 9.69 Å². The van der Waals surface area contributed by atoms with Crippen molar-refractivity contribution in [1.82, 2.24) is 15.1 Å². The van der Waals surface area contributed by atoms with Gasteiger partial charge in [0.05, 0.1) is 23.8 Å². The van der Waals surface area contributed by atoms with Crippen LogP contribution in [0.15, 0.2) is 18.2 Å². The van der Waals surface area contributed by atoms with E-state index in [-0.39, 0.29) is 11.4 Å². The van der Waals surface area contributed by atoms with Crippen molar-refractivity contribution in [2.45, 2.75) is 18.4 Å². The summed E-state index contributed by atoms with van der Waals surface area (Å²) >= 11 is 12.1. The summed E-state index contributed by atoms with van der Waals surface area (Å²) in [7, 11) is 2.15. The van der Waals surface area contributed by atoms with E-state index in [4.69, 9.17) is 27.9 Å². The number of halogens is 2. The number of ether oxygens (including phenoxy) is 1. The highest BCUT2D eigenvalue weighted by atomic mass is 35.5. The van der Waals surface area contributed by atoms with Gasteiger partial charge in [-0.1, -0.05) is 23.2 Å². The summed E-state index contributed by atoms with van der Waals surface area (Å²) in [4.78, 5) is 17.5. The molecule has 2 saturated heterocycles. The van der Waals surface area contributed by atoms with Crippen LogP contribution < -0.4 is 5.32 Å². The van der Waals surface area contributed by atoms with Crippen molar-refractivity contribution in [3.63, 3.8) is 0 Å². The van der Waals surface area contributed by atoms with E-state index in [0.717, 1.165) is 52.2 Å². The minimum absolute atomic E-state index is 0.00908.